The number of hydrogen-bond donors (Lipinski definition) is 0. The smallest absolute Gasteiger partial charge is 0.433 e. The summed E-state index contributed by atoms with van der Waals surface area (Å²) < 4.78 is 13.3. The molecule has 0 bridgehead atoms. The molecular formula is C17H17N3O5S. The van der Waals surface area contributed by atoms with Gasteiger partial charge in [0.15, 0.2) is 4.80 Å². The first-order chi connectivity index (χ1) is 12.5. The fourth-order valence-corrected chi connectivity index (χ4v) is 3.78. The number of furan rings is 1. The van der Waals surface area contributed by atoms with E-state index in [2.05, 4.69) is 4.99 Å². The van der Waals surface area contributed by atoms with Crippen molar-refractivity contribution in [2.45, 2.75) is 26.8 Å². The third kappa shape index (κ3) is 3.13. The minimum absolute atomic E-state index is 0.166. The fourth-order valence-electron chi connectivity index (χ4n) is 2.64. The molecule has 136 valence electrons. The van der Waals surface area contributed by atoms with E-state index in [9.17, 15) is 14.9 Å². The number of carbonyl (C=O) groups excluding carboxylic acids is 1. The second kappa shape index (κ2) is 7.12. The molecule has 0 aliphatic carbocycles. The van der Waals surface area contributed by atoms with Gasteiger partial charge in [0.05, 0.1) is 17.9 Å². The molecule has 1 aromatic carbocycles. The third-order valence-electron chi connectivity index (χ3n) is 3.83. The average Bonchev–Trinajstić information content (AvgIpc) is 3.23. The number of carbonyl (C=O) groups is 1. The highest BCUT2D eigenvalue weighted by Gasteiger charge is 2.18. The number of ether oxygens (including phenoxy) is 1. The van der Waals surface area contributed by atoms with Crippen LogP contribution in [0.3, 0.4) is 0 Å². The lowest BCUT2D eigenvalue weighted by molar-refractivity contribution is -0.402. The van der Waals surface area contributed by atoms with Gasteiger partial charge in [-0.3, -0.25) is 14.9 Å². The molecule has 9 heteroatoms. The van der Waals surface area contributed by atoms with Crippen LogP contribution in [-0.2, 0) is 6.54 Å². The van der Waals surface area contributed by atoms with Gasteiger partial charge in [-0.05, 0) is 31.0 Å². The van der Waals surface area contributed by atoms with E-state index in [1.165, 1.54) is 17.4 Å². The molecule has 0 atom stereocenters. The molecule has 0 N–H and O–H groups in total. The van der Waals surface area contributed by atoms with E-state index < -0.39 is 16.7 Å². The number of aryl methyl sites for hydroxylation is 2. The molecule has 3 aromatic rings. The summed E-state index contributed by atoms with van der Waals surface area (Å²) in [5.74, 6) is -0.608. The van der Waals surface area contributed by atoms with Crippen molar-refractivity contribution in [2.24, 2.45) is 4.99 Å². The predicted molar refractivity (Wildman–Crippen MR) is 96.7 cm³/mol. The Balaban J connectivity index is 2.18. The zero-order valence-electron chi connectivity index (χ0n) is 14.5. The minimum Gasteiger partial charge on any atom is -0.495 e. The maximum atomic E-state index is 12.4. The van der Waals surface area contributed by atoms with E-state index in [-0.39, 0.29) is 5.76 Å². The van der Waals surface area contributed by atoms with Crippen molar-refractivity contribution in [3.05, 3.63) is 50.5 Å². The molecule has 2 aromatic heterocycles. The van der Waals surface area contributed by atoms with E-state index >= 15 is 0 Å². The third-order valence-corrected chi connectivity index (χ3v) is 5.05. The summed E-state index contributed by atoms with van der Waals surface area (Å²) >= 11 is 1.38. The lowest BCUT2D eigenvalue weighted by Gasteiger charge is -2.08. The van der Waals surface area contributed by atoms with E-state index in [0.29, 0.717) is 17.1 Å². The van der Waals surface area contributed by atoms with Crippen LogP contribution in [0.15, 0.2) is 33.7 Å². The summed E-state index contributed by atoms with van der Waals surface area (Å²) in [6.07, 6.45) is 0.844. The van der Waals surface area contributed by atoms with Crippen LogP contribution in [0.1, 0.15) is 29.5 Å². The summed E-state index contributed by atoms with van der Waals surface area (Å²) in [6.45, 7) is 4.67. The lowest BCUT2D eigenvalue weighted by Crippen LogP contribution is -2.17. The Labute approximate surface area is 152 Å². The van der Waals surface area contributed by atoms with Crippen molar-refractivity contribution in [3.8, 4) is 5.75 Å². The van der Waals surface area contributed by atoms with E-state index in [1.54, 1.807) is 7.11 Å². The van der Waals surface area contributed by atoms with Crippen molar-refractivity contribution in [1.82, 2.24) is 4.57 Å². The average molecular weight is 375 g/mol. The van der Waals surface area contributed by atoms with Gasteiger partial charge in [0.1, 0.15) is 16.2 Å². The maximum Gasteiger partial charge on any atom is 0.433 e. The topological polar surface area (TPSA) is 99.9 Å². The SMILES string of the molecule is CCCn1c(=NC(=O)c2ccc([N+](=O)[O-])o2)sc2c(C)ccc(OC)c21. The van der Waals surface area contributed by atoms with Crippen LogP contribution in [0.5, 0.6) is 5.75 Å². The molecule has 8 nitrogen and oxygen atoms in total. The van der Waals surface area contributed by atoms with Gasteiger partial charge in [0.2, 0.25) is 5.76 Å². The first kappa shape index (κ1) is 17.9. The first-order valence-electron chi connectivity index (χ1n) is 7.96. The molecule has 0 aliphatic heterocycles. The van der Waals surface area contributed by atoms with Gasteiger partial charge in [-0.2, -0.15) is 4.99 Å². The van der Waals surface area contributed by atoms with Crippen LogP contribution in [0.2, 0.25) is 0 Å². The number of nitrogens with zero attached hydrogens (tertiary/aromatic N) is 3. The summed E-state index contributed by atoms with van der Waals surface area (Å²) in [5, 5.41) is 10.7. The number of aromatic nitrogens is 1. The Hall–Kier alpha value is -2.94. The largest absolute Gasteiger partial charge is 0.495 e. The molecule has 0 unspecified atom stereocenters. The van der Waals surface area contributed by atoms with Crippen LogP contribution in [-0.4, -0.2) is 22.5 Å². The number of thiazole rings is 1. The highest BCUT2D eigenvalue weighted by atomic mass is 32.1. The molecule has 0 radical (unpaired) electrons. The Morgan fingerprint density at radius 3 is 2.77 bits per heavy atom. The standard InChI is InChI=1S/C17H17N3O5S/c1-4-9-19-14-11(24-3)6-5-10(2)15(14)26-17(19)18-16(21)12-7-8-13(25-12)20(22)23/h5-8H,4,9H2,1-3H3. The van der Waals surface area contributed by atoms with E-state index in [1.807, 2.05) is 30.5 Å². The normalized spacial score (nSPS) is 11.9. The zero-order valence-corrected chi connectivity index (χ0v) is 15.3. The van der Waals surface area contributed by atoms with Crippen molar-refractivity contribution >= 4 is 33.3 Å². The van der Waals surface area contributed by atoms with Gasteiger partial charge in [0.25, 0.3) is 0 Å². The Morgan fingerprint density at radius 2 is 2.15 bits per heavy atom. The van der Waals surface area contributed by atoms with Gasteiger partial charge in [-0.1, -0.05) is 24.3 Å². The molecule has 0 saturated heterocycles. The quantitative estimate of drug-likeness (QED) is 0.500. The summed E-state index contributed by atoms with van der Waals surface area (Å²) in [6, 6.07) is 6.24. The molecule has 2 heterocycles. The molecule has 0 saturated carbocycles. The van der Waals surface area contributed by atoms with Crippen molar-refractivity contribution in [1.29, 1.82) is 0 Å². The fraction of sp³-hybridized carbons (Fsp3) is 0.294. The van der Waals surface area contributed by atoms with Gasteiger partial charge in [-0.25, -0.2) is 0 Å². The number of nitro groups is 1. The number of fused-ring (bicyclic) bond motifs is 1. The number of rotatable bonds is 5. The van der Waals surface area contributed by atoms with Gasteiger partial charge < -0.3 is 13.7 Å². The molecule has 0 fully saturated rings. The first-order valence-corrected chi connectivity index (χ1v) is 8.78. The maximum absolute atomic E-state index is 12.4. The summed E-state index contributed by atoms with van der Waals surface area (Å²) in [5.41, 5.74) is 1.94. The molecular weight excluding hydrogens is 358 g/mol. The Bertz CT molecular complexity index is 1060. The van der Waals surface area contributed by atoms with E-state index in [4.69, 9.17) is 9.15 Å². The molecule has 3 rings (SSSR count). The Kier molecular flexibility index (Phi) is 4.90. The van der Waals surface area contributed by atoms with Crippen molar-refractivity contribution in [3.63, 3.8) is 0 Å². The zero-order chi connectivity index (χ0) is 18.8. The van der Waals surface area contributed by atoms with Crippen molar-refractivity contribution in [2.75, 3.05) is 7.11 Å². The molecule has 0 spiro atoms. The number of amides is 1. The van der Waals surface area contributed by atoms with Crippen LogP contribution in [0.25, 0.3) is 10.2 Å². The number of methoxy groups -OCH3 is 1. The van der Waals surface area contributed by atoms with Crippen molar-refractivity contribution < 1.29 is 18.9 Å². The van der Waals surface area contributed by atoms with E-state index in [0.717, 1.165) is 28.3 Å². The highest BCUT2D eigenvalue weighted by Crippen LogP contribution is 2.30. The summed E-state index contributed by atoms with van der Waals surface area (Å²) in [7, 11) is 1.60. The Morgan fingerprint density at radius 1 is 1.38 bits per heavy atom. The second-order valence-electron chi connectivity index (χ2n) is 5.61. The summed E-state index contributed by atoms with van der Waals surface area (Å²) in [4.78, 5) is 27.1. The number of benzene rings is 1. The van der Waals surface area contributed by atoms with Crippen LogP contribution in [0, 0.1) is 17.0 Å². The van der Waals surface area contributed by atoms with Crippen LogP contribution >= 0.6 is 11.3 Å². The second-order valence-corrected chi connectivity index (χ2v) is 6.59. The highest BCUT2D eigenvalue weighted by molar-refractivity contribution is 7.16. The lowest BCUT2D eigenvalue weighted by atomic mass is 10.2. The van der Waals surface area contributed by atoms with Gasteiger partial charge >= 0.3 is 11.8 Å². The van der Waals surface area contributed by atoms with Gasteiger partial charge in [0, 0.05) is 6.54 Å². The monoisotopic (exact) mass is 375 g/mol. The number of hydrogen-bond acceptors (Lipinski definition) is 6. The molecule has 26 heavy (non-hydrogen) atoms. The molecule has 1 amide bonds. The predicted octanol–water partition coefficient (Wildman–Crippen LogP) is 3.67. The van der Waals surface area contributed by atoms with Gasteiger partial charge in [-0.15, -0.1) is 0 Å². The molecule has 0 aliphatic rings. The van der Waals surface area contributed by atoms with Crippen LogP contribution < -0.4 is 9.54 Å². The van der Waals surface area contributed by atoms with Crippen LogP contribution in [0.4, 0.5) is 5.88 Å². The minimum atomic E-state index is -0.693.